The standard InChI is InChI=1S/C20H21ClN2O2/c1-14-6-8-15(9-7-14)13-23(16-10-11-16)19(24)12-22-20(25)17-4-2-3-5-18(17)21/h2-9,16H,10-13H2,1H3,(H,22,25). The van der Waals surface area contributed by atoms with Crippen molar-refractivity contribution in [2.75, 3.05) is 6.54 Å². The number of aryl methyl sites for hydroxylation is 1. The molecule has 0 unspecified atom stereocenters. The number of rotatable bonds is 6. The Kier molecular flexibility index (Phi) is 5.39. The highest BCUT2D eigenvalue weighted by molar-refractivity contribution is 6.33. The predicted octanol–water partition coefficient (Wildman–Crippen LogP) is 3.57. The summed E-state index contributed by atoms with van der Waals surface area (Å²) in [5.74, 6) is -0.395. The molecular weight excluding hydrogens is 336 g/mol. The lowest BCUT2D eigenvalue weighted by Gasteiger charge is -2.23. The third-order valence-electron chi connectivity index (χ3n) is 4.30. The van der Waals surface area contributed by atoms with Gasteiger partial charge >= 0.3 is 0 Å². The van der Waals surface area contributed by atoms with Gasteiger partial charge in [-0.1, -0.05) is 53.6 Å². The number of carbonyl (C=O) groups is 2. The third kappa shape index (κ3) is 4.60. The zero-order chi connectivity index (χ0) is 17.8. The van der Waals surface area contributed by atoms with E-state index in [2.05, 4.69) is 5.32 Å². The zero-order valence-corrected chi connectivity index (χ0v) is 14.9. The fourth-order valence-electron chi connectivity index (χ4n) is 2.70. The fraction of sp³-hybridized carbons (Fsp3) is 0.300. The highest BCUT2D eigenvalue weighted by Gasteiger charge is 2.32. The van der Waals surface area contributed by atoms with Crippen molar-refractivity contribution in [3.8, 4) is 0 Å². The molecule has 130 valence electrons. The van der Waals surface area contributed by atoms with Gasteiger partial charge < -0.3 is 10.2 Å². The smallest absolute Gasteiger partial charge is 0.253 e. The van der Waals surface area contributed by atoms with Crippen LogP contribution in [-0.2, 0) is 11.3 Å². The van der Waals surface area contributed by atoms with Gasteiger partial charge in [0.05, 0.1) is 17.1 Å². The van der Waals surface area contributed by atoms with Crippen LogP contribution in [0.5, 0.6) is 0 Å². The van der Waals surface area contributed by atoms with Gasteiger partial charge in [-0.3, -0.25) is 9.59 Å². The van der Waals surface area contributed by atoms with Gasteiger partial charge in [-0.05, 0) is 37.5 Å². The zero-order valence-electron chi connectivity index (χ0n) is 14.2. The Morgan fingerprint density at radius 1 is 1.12 bits per heavy atom. The Morgan fingerprint density at radius 2 is 1.80 bits per heavy atom. The fourth-order valence-corrected chi connectivity index (χ4v) is 2.92. The largest absolute Gasteiger partial charge is 0.343 e. The van der Waals surface area contributed by atoms with Gasteiger partial charge in [0, 0.05) is 12.6 Å². The van der Waals surface area contributed by atoms with Crippen molar-refractivity contribution in [1.29, 1.82) is 0 Å². The molecule has 0 spiro atoms. The Balaban J connectivity index is 1.60. The van der Waals surface area contributed by atoms with Crippen molar-refractivity contribution in [3.05, 3.63) is 70.2 Å². The predicted molar refractivity (Wildman–Crippen MR) is 98.5 cm³/mol. The second-order valence-electron chi connectivity index (χ2n) is 6.40. The van der Waals surface area contributed by atoms with Crippen LogP contribution in [0.4, 0.5) is 0 Å². The van der Waals surface area contributed by atoms with E-state index in [1.165, 1.54) is 5.56 Å². The van der Waals surface area contributed by atoms with Crippen LogP contribution in [0.3, 0.4) is 0 Å². The summed E-state index contributed by atoms with van der Waals surface area (Å²) in [4.78, 5) is 26.7. The van der Waals surface area contributed by atoms with Crippen molar-refractivity contribution in [3.63, 3.8) is 0 Å². The van der Waals surface area contributed by atoms with Crippen LogP contribution >= 0.6 is 11.6 Å². The van der Waals surface area contributed by atoms with E-state index in [1.54, 1.807) is 24.3 Å². The van der Waals surface area contributed by atoms with Crippen LogP contribution in [-0.4, -0.2) is 29.3 Å². The normalized spacial score (nSPS) is 13.4. The molecular formula is C20H21ClN2O2. The van der Waals surface area contributed by atoms with E-state index >= 15 is 0 Å². The summed E-state index contributed by atoms with van der Waals surface area (Å²) in [7, 11) is 0. The maximum Gasteiger partial charge on any atom is 0.253 e. The number of benzene rings is 2. The molecule has 2 aromatic carbocycles. The van der Waals surface area contributed by atoms with Crippen LogP contribution < -0.4 is 5.32 Å². The van der Waals surface area contributed by atoms with Gasteiger partial charge in [0.15, 0.2) is 0 Å². The molecule has 3 rings (SSSR count). The van der Waals surface area contributed by atoms with Gasteiger partial charge in [0.2, 0.25) is 5.91 Å². The van der Waals surface area contributed by atoms with Crippen LogP contribution in [0.2, 0.25) is 5.02 Å². The number of halogens is 1. The summed E-state index contributed by atoms with van der Waals surface area (Å²) >= 11 is 6.02. The van der Waals surface area contributed by atoms with E-state index in [0.717, 1.165) is 18.4 Å². The van der Waals surface area contributed by atoms with E-state index in [9.17, 15) is 9.59 Å². The molecule has 0 aromatic heterocycles. The van der Waals surface area contributed by atoms with Crippen molar-refractivity contribution in [2.45, 2.75) is 32.4 Å². The topological polar surface area (TPSA) is 49.4 Å². The highest BCUT2D eigenvalue weighted by atomic mass is 35.5. The number of carbonyl (C=O) groups excluding carboxylic acids is 2. The first-order valence-corrected chi connectivity index (χ1v) is 8.80. The molecule has 2 amide bonds. The first-order chi connectivity index (χ1) is 12.0. The second-order valence-corrected chi connectivity index (χ2v) is 6.81. The molecule has 1 aliphatic carbocycles. The molecule has 25 heavy (non-hydrogen) atoms. The van der Waals surface area contributed by atoms with Gasteiger partial charge in [-0.2, -0.15) is 0 Å². The number of nitrogens with zero attached hydrogens (tertiary/aromatic N) is 1. The third-order valence-corrected chi connectivity index (χ3v) is 4.63. The summed E-state index contributed by atoms with van der Waals surface area (Å²) in [5.41, 5.74) is 2.68. The minimum absolute atomic E-state index is 0.0214. The molecule has 5 heteroatoms. The molecule has 0 radical (unpaired) electrons. The molecule has 1 saturated carbocycles. The molecule has 0 aliphatic heterocycles. The molecule has 0 saturated heterocycles. The second kappa shape index (κ2) is 7.70. The van der Waals surface area contributed by atoms with Crippen molar-refractivity contribution in [2.24, 2.45) is 0 Å². The molecule has 1 fully saturated rings. The van der Waals surface area contributed by atoms with E-state index in [4.69, 9.17) is 11.6 Å². The lowest BCUT2D eigenvalue weighted by atomic mass is 10.1. The summed E-state index contributed by atoms with van der Waals surface area (Å²) in [6.07, 6.45) is 2.05. The number of hydrogen-bond donors (Lipinski definition) is 1. The Labute approximate surface area is 152 Å². The molecule has 1 N–H and O–H groups in total. The highest BCUT2D eigenvalue weighted by Crippen LogP contribution is 2.28. The minimum atomic E-state index is -0.329. The SMILES string of the molecule is Cc1ccc(CN(C(=O)CNC(=O)c2ccccc2Cl)C2CC2)cc1. The average Bonchev–Trinajstić information content (AvgIpc) is 3.44. The van der Waals surface area contributed by atoms with E-state index in [0.29, 0.717) is 17.1 Å². The number of nitrogens with one attached hydrogen (secondary N) is 1. The maximum absolute atomic E-state index is 12.6. The number of amides is 2. The van der Waals surface area contributed by atoms with Gasteiger partial charge in [0.1, 0.15) is 0 Å². The molecule has 2 aromatic rings. The van der Waals surface area contributed by atoms with Crippen molar-refractivity contribution in [1.82, 2.24) is 10.2 Å². The van der Waals surface area contributed by atoms with Gasteiger partial charge in [-0.25, -0.2) is 0 Å². The molecule has 0 bridgehead atoms. The summed E-state index contributed by atoms with van der Waals surface area (Å²) < 4.78 is 0. The Hall–Kier alpha value is -2.33. The number of hydrogen-bond acceptors (Lipinski definition) is 2. The van der Waals surface area contributed by atoms with Crippen molar-refractivity contribution < 1.29 is 9.59 Å². The first kappa shape index (κ1) is 17.5. The lowest BCUT2D eigenvalue weighted by Crippen LogP contribution is -2.41. The quantitative estimate of drug-likeness (QED) is 0.860. The molecule has 4 nitrogen and oxygen atoms in total. The lowest BCUT2D eigenvalue weighted by molar-refractivity contribution is -0.131. The van der Waals surface area contributed by atoms with Gasteiger partial charge in [-0.15, -0.1) is 0 Å². The van der Waals surface area contributed by atoms with Crippen LogP contribution in [0.25, 0.3) is 0 Å². The van der Waals surface area contributed by atoms with Gasteiger partial charge in [0.25, 0.3) is 5.91 Å². The summed E-state index contributed by atoms with van der Waals surface area (Å²) in [6, 6.07) is 15.3. The Morgan fingerprint density at radius 3 is 2.44 bits per heavy atom. The maximum atomic E-state index is 12.6. The van der Waals surface area contributed by atoms with E-state index in [-0.39, 0.29) is 24.4 Å². The average molecular weight is 357 g/mol. The molecule has 0 heterocycles. The van der Waals surface area contributed by atoms with E-state index < -0.39 is 0 Å². The monoisotopic (exact) mass is 356 g/mol. The first-order valence-electron chi connectivity index (χ1n) is 8.42. The summed E-state index contributed by atoms with van der Waals surface area (Å²) in [6.45, 7) is 2.59. The Bertz CT molecular complexity index is 770. The van der Waals surface area contributed by atoms with Crippen LogP contribution in [0, 0.1) is 6.92 Å². The van der Waals surface area contributed by atoms with Crippen LogP contribution in [0.15, 0.2) is 48.5 Å². The molecule has 1 aliphatic rings. The minimum Gasteiger partial charge on any atom is -0.343 e. The summed E-state index contributed by atoms with van der Waals surface area (Å²) in [5, 5.41) is 3.06. The van der Waals surface area contributed by atoms with Crippen molar-refractivity contribution >= 4 is 23.4 Å². The van der Waals surface area contributed by atoms with E-state index in [1.807, 2.05) is 36.1 Å². The molecule has 0 atom stereocenters. The van der Waals surface area contributed by atoms with Crippen LogP contribution in [0.1, 0.15) is 34.3 Å².